The third kappa shape index (κ3) is 12.3. The van der Waals surface area contributed by atoms with Crippen molar-refractivity contribution in [2.45, 2.75) is 83.7 Å². The van der Waals surface area contributed by atoms with Crippen LogP contribution in [0.2, 0.25) is 0 Å². The highest BCUT2D eigenvalue weighted by molar-refractivity contribution is 6.06. The highest BCUT2D eigenvalue weighted by Crippen LogP contribution is 2.41. The molecule has 4 amide bonds. The maximum absolute atomic E-state index is 14.0. The molecule has 1 saturated carbocycles. The number of amides is 4. The standard InChI is InChI=1S/C32H45F6N7O7/c1-29(2,31(33,34)35)23(42-27(49)51-5)25(47)41-15-21(46)17-45(44-26(48)24(43-28(50)52-6)30(3,4)32(36,37)38)16-18-7-9-19(10-8-18)22(39)13-14-40-20-11-12-20/h7-10,13-14,20-21,23-24,39-40,46H,11-12,15-17H2,1-6H3,(H,41,47)(H,42,49)(H,43,50)(H,44,48)/b14-13-,39-22?/t21-,23?,24-/m1/s1. The quantitative estimate of drug-likeness (QED) is 0.0711. The van der Waals surface area contributed by atoms with E-state index in [9.17, 15) is 50.6 Å². The molecule has 0 spiro atoms. The molecule has 1 aliphatic rings. The first-order chi connectivity index (χ1) is 23.9. The second-order valence-corrected chi connectivity index (χ2v) is 13.2. The van der Waals surface area contributed by atoms with E-state index in [1.807, 2.05) is 10.6 Å². The Morgan fingerprint density at radius 1 is 0.885 bits per heavy atom. The van der Waals surface area contributed by atoms with Gasteiger partial charge >= 0.3 is 24.5 Å². The molecule has 20 heteroatoms. The number of alkyl carbamates (subject to hydrolysis) is 2. The second-order valence-electron chi connectivity index (χ2n) is 13.2. The van der Waals surface area contributed by atoms with Gasteiger partial charge in [-0.05, 0) is 63.9 Å². The number of alkyl halides is 6. The van der Waals surface area contributed by atoms with Crippen molar-refractivity contribution in [1.29, 1.82) is 5.41 Å². The number of allylic oxidation sites excluding steroid dienone is 1. The van der Waals surface area contributed by atoms with Crippen LogP contribution in [0.25, 0.3) is 0 Å². The molecule has 2 rings (SSSR count). The summed E-state index contributed by atoms with van der Waals surface area (Å²) in [6.45, 7) is 1.03. The van der Waals surface area contributed by atoms with Gasteiger partial charge < -0.3 is 41.3 Å². The minimum absolute atomic E-state index is 0.163. The Labute approximate surface area is 296 Å². The highest BCUT2D eigenvalue weighted by atomic mass is 19.4. The number of hydrogen-bond donors (Lipinski definition) is 7. The fraction of sp³-hybridized carbons (Fsp3) is 0.594. The maximum atomic E-state index is 14.0. The zero-order valence-corrected chi connectivity index (χ0v) is 29.4. The number of methoxy groups -OCH3 is 2. The van der Waals surface area contributed by atoms with Gasteiger partial charge in [0.1, 0.15) is 12.1 Å². The van der Waals surface area contributed by atoms with Crippen LogP contribution in [0.4, 0.5) is 35.9 Å². The van der Waals surface area contributed by atoms with Crippen LogP contribution in [-0.2, 0) is 25.6 Å². The van der Waals surface area contributed by atoms with Crippen LogP contribution in [-0.4, -0.2) is 104 Å². The number of carbonyl (C=O) groups excluding carboxylic acids is 4. The van der Waals surface area contributed by atoms with Crippen molar-refractivity contribution in [2.24, 2.45) is 10.8 Å². The normalized spacial score (nSPS) is 15.7. The molecule has 0 heterocycles. The Hall–Kier alpha value is -4.59. The predicted molar refractivity (Wildman–Crippen MR) is 174 cm³/mol. The molecule has 1 aromatic rings. The number of aliphatic hydroxyl groups excluding tert-OH is 1. The summed E-state index contributed by atoms with van der Waals surface area (Å²) in [6.07, 6.45) is -9.05. The van der Waals surface area contributed by atoms with Gasteiger partial charge in [0.25, 0.3) is 5.91 Å². The number of halogens is 6. The monoisotopic (exact) mass is 753 g/mol. The van der Waals surface area contributed by atoms with Crippen molar-refractivity contribution in [3.8, 4) is 0 Å². The first-order valence-electron chi connectivity index (χ1n) is 15.9. The molecular weight excluding hydrogens is 708 g/mol. The Bertz CT molecular complexity index is 1450. The number of aliphatic hydroxyl groups is 1. The van der Waals surface area contributed by atoms with E-state index in [2.05, 4.69) is 25.5 Å². The molecule has 0 aliphatic heterocycles. The van der Waals surface area contributed by atoms with Gasteiger partial charge in [0.2, 0.25) is 5.91 Å². The summed E-state index contributed by atoms with van der Waals surface area (Å²) < 4.78 is 92.2. The maximum Gasteiger partial charge on any atom is 0.407 e. The lowest BCUT2D eigenvalue weighted by Crippen LogP contribution is -2.62. The van der Waals surface area contributed by atoms with E-state index in [0.29, 0.717) is 44.9 Å². The fourth-order valence-electron chi connectivity index (χ4n) is 4.46. The Balaban J connectivity index is 2.33. The van der Waals surface area contributed by atoms with Gasteiger partial charge in [-0.3, -0.25) is 15.0 Å². The van der Waals surface area contributed by atoms with Crippen LogP contribution >= 0.6 is 0 Å². The van der Waals surface area contributed by atoms with Crippen molar-refractivity contribution in [3.05, 3.63) is 47.7 Å². The van der Waals surface area contributed by atoms with Gasteiger partial charge in [0.05, 0.1) is 36.9 Å². The van der Waals surface area contributed by atoms with Gasteiger partial charge in [-0.25, -0.2) is 14.6 Å². The highest BCUT2D eigenvalue weighted by Gasteiger charge is 2.57. The van der Waals surface area contributed by atoms with E-state index in [4.69, 9.17) is 5.41 Å². The van der Waals surface area contributed by atoms with Gasteiger partial charge in [-0.1, -0.05) is 24.3 Å². The third-order valence-electron chi connectivity index (χ3n) is 8.33. The molecule has 52 heavy (non-hydrogen) atoms. The summed E-state index contributed by atoms with van der Waals surface area (Å²) in [5, 5.41) is 29.0. The van der Waals surface area contributed by atoms with E-state index in [1.54, 1.807) is 36.5 Å². The lowest BCUT2D eigenvalue weighted by atomic mass is 9.83. The molecule has 1 aliphatic carbocycles. The number of rotatable bonds is 17. The zero-order valence-electron chi connectivity index (χ0n) is 29.4. The molecule has 292 valence electrons. The number of benzene rings is 1. The van der Waals surface area contributed by atoms with E-state index >= 15 is 0 Å². The predicted octanol–water partition coefficient (Wildman–Crippen LogP) is 3.26. The van der Waals surface area contributed by atoms with Crippen molar-refractivity contribution in [3.63, 3.8) is 0 Å². The SMILES string of the molecule is COC(=O)NC(C(=O)NC[C@@H](O)CN(Cc1ccc(C(=N)/C=C\NC2CC2)cc1)NC(=O)[C@@H](NC(=O)OC)C(C)(C)C(F)(F)F)C(C)(C)C(F)(F)F. The second kappa shape index (κ2) is 17.8. The van der Waals surface area contributed by atoms with Gasteiger partial charge in [-0.15, -0.1) is 0 Å². The Morgan fingerprint density at radius 3 is 1.81 bits per heavy atom. The first-order valence-corrected chi connectivity index (χ1v) is 15.9. The van der Waals surface area contributed by atoms with Crippen LogP contribution in [0.5, 0.6) is 0 Å². The first kappa shape index (κ1) is 43.6. The summed E-state index contributed by atoms with van der Waals surface area (Å²) in [5.41, 5.74) is -2.32. The van der Waals surface area contributed by atoms with Crippen LogP contribution in [0, 0.1) is 16.2 Å². The molecule has 7 N–H and O–H groups in total. The third-order valence-corrected chi connectivity index (χ3v) is 8.33. The van der Waals surface area contributed by atoms with Gasteiger partial charge in [0, 0.05) is 25.7 Å². The molecule has 0 aromatic heterocycles. The fourth-order valence-corrected chi connectivity index (χ4v) is 4.46. The molecule has 0 radical (unpaired) electrons. The van der Waals surface area contributed by atoms with Crippen LogP contribution in [0.15, 0.2) is 36.5 Å². The van der Waals surface area contributed by atoms with E-state index in [1.165, 1.54) is 0 Å². The van der Waals surface area contributed by atoms with Crippen LogP contribution in [0.3, 0.4) is 0 Å². The van der Waals surface area contributed by atoms with E-state index < -0.39 is 78.5 Å². The largest absolute Gasteiger partial charge is 0.453 e. The van der Waals surface area contributed by atoms with E-state index in [0.717, 1.165) is 32.1 Å². The molecule has 0 bridgehead atoms. The summed E-state index contributed by atoms with van der Waals surface area (Å²) in [6, 6.07) is 2.14. The number of ether oxygens (including phenoxy) is 2. The molecule has 14 nitrogen and oxygen atoms in total. The number of hydrazine groups is 1. The smallest absolute Gasteiger partial charge is 0.407 e. The number of nitrogens with one attached hydrogen (secondary N) is 6. The minimum atomic E-state index is -5.01. The van der Waals surface area contributed by atoms with Crippen molar-refractivity contribution < 1.29 is 60.1 Å². The Morgan fingerprint density at radius 2 is 1.37 bits per heavy atom. The van der Waals surface area contributed by atoms with Crippen molar-refractivity contribution >= 4 is 29.7 Å². The van der Waals surface area contributed by atoms with Gasteiger partial charge in [-0.2, -0.15) is 26.3 Å². The zero-order chi connectivity index (χ0) is 39.7. The average molecular weight is 754 g/mol. The molecule has 1 unspecified atom stereocenters. The van der Waals surface area contributed by atoms with Gasteiger partial charge in [0.15, 0.2) is 0 Å². The van der Waals surface area contributed by atoms with Crippen molar-refractivity contribution in [2.75, 3.05) is 27.3 Å². The number of nitrogens with zero attached hydrogens (tertiary/aromatic N) is 1. The minimum Gasteiger partial charge on any atom is -0.453 e. The number of carbonyl (C=O) groups is 4. The molecule has 1 fully saturated rings. The molecular formula is C32H45F6N7O7. The molecule has 0 saturated heterocycles. The molecule has 1 aromatic carbocycles. The van der Waals surface area contributed by atoms with Crippen LogP contribution < -0.4 is 26.7 Å². The summed E-state index contributed by atoms with van der Waals surface area (Å²) in [4.78, 5) is 50.0. The van der Waals surface area contributed by atoms with Crippen LogP contribution in [0.1, 0.15) is 51.7 Å². The lowest BCUT2D eigenvalue weighted by Gasteiger charge is -2.37. The summed E-state index contributed by atoms with van der Waals surface area (Å²) in [5.74, 6) is -2.72. The van der Waals surface area contributed by atoms with E-state index in [-0.39, 0.29) is 12.3 Å². The molecule has 3 atom stereocenters. The summed E-state index contributed by atoms with van der Waals surface area (Å²) in [7, 11) is 1.76. The summed E-state index contributed by atoms with van der Waals surface area (Å²) >= 11 is 0. The number of hydrogen-bond acceptors (Lipinski definition) is 10. The lowest BCUT2D eigenvalue weighted by molar-refractivity contribution is -0.221. The van der Waals surface area contributed by atoms with Crippen molar-refractivity contribution in [1.82, 2.24) is 31.7 Å². The topological polar surface area (TPSA) is 194 Å². The Kier molecular flexibility index (Phi) is 14.9. The average Bonchev–Trinajstić information content (AvgIpc) is 3.88.